The smallest absolute Gasteiger partial charge is 0.0265 e. The summed E-state index contributed by atoms with van der Waals surface area (Å²) in [7, 11) is 0. The van der Waals surface area contributed by atoms with Gasteiger partial charge in [0.05, 0.1) is 0 Å². The Hall–Kier alpha value is -0.260. The average Bonchev–Trinajstić information content (AvgIpc) is 1.87. The second kappa shape index (κ2) is 5.52. The molecule has 0 aliphatic heterocycles. The largest absolute Gasteiger partial charge is 0.103 e. The number of allylic oxidation sites excluding steroid dienone is 1. The lowest BCUT2D eigenvalue weighted by Gasteiger charge is -2.06. The molecule has 0 amide bonds. The summed E-state index contributed by atoms with van der Waals surface area (Å²) in [5.41, 5.74) is 0. The quantitative estimate of drug-likeness (QED) is 0.511. The molecule has 0 fully saturated rings. The molecule has 0 bridgehead atoms. The van der Waals surface area contributed by atoms with Gasteiger partial charge in [0, 0.05) is 0 Å². The van der Waals surface area contributed by atoms with Crippen molar-refractivity contribution in [1.82, 2.24) is 0 Å². The molecule has 0 aliphatic carbocycles. The van der Waals surface area contributed by atoms with Crippen molar-refractivity contribution in [3.05, 3.63) is 12.7 Å². The molecule has 0 nitrogen and oxygen atoms in total. The summed E-state index contributed by atoms with van der Waals surface area (Å²) in [6, 6.07) is 0. The average molecular weight is 140 g/mol. The van der Waals surface area contributed by atoms with E-state index in [-0.39, 0.29) is 0 Å². The molecule has 0 N–H and O–H groups in total. The maximum Gasteiger partial charge on any atom is -0.0265 e. The van der Waals surface area contributed by atoms with E-state index >= 15 is 0 Å². The zero-order valence-electron chi connectivity index (χ0n) is 7.56. The number of hydrogen-bond acceptors (Lipinski definition) is 0. The van der Waals surface area contributed by atoms with E-state index in [1.807, 2.05) is 6.08 Å². The highest BCUT2D eigenvalue weighted by Crippen LogP contribution is 2.12. The Morgan fingerprint density at radius 1 is 1.20 bits per heavy atom. The van der Waals surface area contributed by atoms with E-state index in [1.165, 1.54) is 19.3 Å². The van der Waals surface area contributed by atoms with E-state index in [2.05, 4.69) is 27.4 Å². The van der Waals surface area contributed by atoms with Crippen LogP contribution in [0.25, 0.3) is 0 Å². The van der Waals surface area contributed by atoms with Crippen molar-refractivity contribution in [3.63, 3.8) is 0 Å². The zero-order valence-corrected chi connectivity index (χ0v) is 7.56. The van der Waals surface area contributed by atoms with E-state index in [1.54, 1.807) is 0 Å². The van der Waals surface area contributed by atoms with E-state index < -0.39 is 0 Å². The topological polar surface area (TPSA) is 0 Å². The van der Waals surface area contributed by atoms with Gasteiger partial charge >= 0.3 is 0 Å². The summed E-state index contributed by atoms with van der Waals surface area (Å²) >= 11 is 0. The minimum atomic E-state index is 0.707. The molecule has 0 heterocycles. The highest BCUT2D eigenvalue weighted by atomic mass is 14.0. The summed E-state index contributed by atoms with van der Waals surface area (Å²) in [5, 5.41) is 0. The van der Waals surface area contributed by atoms with Crippen LogP contribution in [0.15, 0.2) is 12.7 Å². The Bertz CT molecular complexity index is 82.0. The molecule has 0 rings (SSSR count). The van der Waals surface area contributed by atoms with Gasteiger partial charge in [-0.25, -0.2) is 0 Å². The molecule has 1 atom stereocenters. The minimum absolute atomic E-state index is 0.707. The van der Waals surface area contributed by atoms with Crippen molar-refractivity contribution in [2.45, 2.75) is 40.0 Å². The van der Waals surface area contributed by atoms with Crippen LogP contribution in [0.4, 0.5) is 0 Å². The number of hydrogen-bond donors (Lipinski definition) is 0. The molecular weight excluding hydrogens is 120 g/mol. The Balaban J connectivity index is 3.11. The van der Waals surface area contributed by atoms with Gasteiger partial charge < -0.3 is 0 Å². The molecule has 0 aromatic carbocycles. The van der Waals surface area contributed by atoms with Crippen LogP contribution in [0.1, 0.15) is 40.0 Å². The Morgan fingerprint density at radius 3 is 2.20 bits per heavy atom. The van der Waals surface area contributed by atoms with Crippen LogP contribution in [0.5, 0.6) is 0 Å². The molecule has 60 valence electrons. The second-order valence-corrected chi connectivity index (χ2v) is 3.54. The second-order valence-electron chi connectivity index (χ2n) is 3.54. The highest BCUT2D eigenvalue weighted by molar-refractivity contribution is 4.74. The molecule has 0 radical (unpaired) electrons. The lowest BCUT2D eigenvalue weighted by atomic mass is 10.00. The van der Waals surface area contributed by atoms with Gasteiger partial charge in [-0.15, -0.1) is 6.58 Å². The summed E-state index contributed by atoms with van der Waals surface area (Å²) in [6.45, 7) is 10.5. The van der Waals surface area contributed by atoms with E-state index in [9.17, 15) is 0 Å². The first-order valence-corrected chi connectivity index (χ1v) is 4.29. The predicted molar refractivity (Wildman–Crippen MR) is 48.1 cm³/mol. The third-order valence-corrected chi connectivity index (χ3v) is 1.84. The van der Waals surface area contributed by atoms with Crippen LogP contribution >= 0.6 is 0 Å². The van der Waals surface area contributed by atoms with E-state index in [0.29, 0.717) is 5.92 Å². The molecule has 0 saturated heterocycles. The van der Waals surface area contributed by atoms with Gasteiger partial charge in [0.15, 0.2) is 0 Å². The van der Waals surface area contributed by atoms with Crippen molar-refractivity contribution in [1.29, 1.82) is 0 Å². The minimum Gasteiger partial charge on any atom is -0.103 e. The van der Waals surface area contributed by atoms with Crippen LogP contribution in [0.3, 0.4) is 0 Å². The maximum atomic E-state index is 3.76. The van der Waals surface area contributed by atoms with Gasteiger partial charge in [-0.05, 0) is 18.3 Å². The predicted octanol–water partition coefficient (Wildman–Crippen LogP) is 3.63. The first-order valence-electron chi connectivity index (χ1n) is 4.29. The van der Waals surface area contributed by atoms with Crippen LogP contribution in [0, 0.1) is 11.8 Å². The SMILES string of the molecule is C=C[C@@H](C)CCCC(C)C. The van der Waals surface area contributed by atoms with Gasteiger partial charge in [0.25, 0.3) is 0 Å². The summed E-state index contributed by atoms with van der Waals surface area (Å²) in [4.78, 5) is 0. The monoisotopic (exact) mass is 140 g/mol. The lowest BCUT2D eigenvalue weighted by molar-refractivity contribution is 0.502. The fraction of sp³-hybridized carbons (Fsp3) is 0.800. The van der Waals surface area contributed by atoms with Gasteiger partial charge in [-0.2, -0.15) is 0 Å². The van der Waals surface area contributed by atoms with Gasteiger partial charge in [0.2, 0.25) is 0 Å². The fourth-order valence-electron chi connectivity index (χ4n) is 0.966. The molecule has 0 aromatic rings. The standard InChI is InChI=1S/C10H20/c1-5-10(4)8-6-7-9(2)3/h5,9-10H,1,6-8H2,2-4H3/t10-/m1/s1. The third-order valence-electron chi connectivity index (χ3n) is 1.84. The highest BCUT2D eigenvalue weighted by Gasteiger charge is 1.97. The van der Waals surface area contributed by atoms with Gasteiger partial charge in [0.1, 0.15) is 0 Å². The molecule has 0 aliphatic rings. The van der Waals surface area contributed by atoms with Gasteiger partial charge in [-0.1, -0.05) is 39.7 Å². The van der Waals surface area contributed by atoms with Crippen LogP contribution in [-0.4, -0.2) is 0 Å². The summed E-state index contributed by atoms with van der Waals surface area (Å²) in [5.74, 6) is 1.57. The summed E-state index contributed by atoms with van der Waals surface area (Å²) < 4.78 is 0. The molecule has 0 spiro atoms. The molecule has 0 heteroatoms. The van der Waals surface area contributed by atoms with Gasteiger partial charge in [-0.3, -0.25) is 0 Å². The molecule has 0 saturated carbocycles. The van der Waals surface area contributed by atoms with Crippen molar-refractivity contribution in [2.75, 3.05) is 0 Å². The zero-order chi connectivity index (χ0) is 7.98. The van der Waals surface area contributed by atoms with Crippen LogP contribution in [-0.2, 0) is 0 Å². The number of rotatable bonds is 5. The van der Waals surface area contributed by atoms with Crippen molar-refractivity contribution in [3.8, 4) is 0 Å². The van der Waals surface area contributed by atoms with Crippen molar-refractivity contribution in [2.24, 2.45) is 11.8 Å². The molecule has 0 unspecified atom stereocenters. The Labute approximate surface area is 65.3 Å². The third kappa shape index (κ3) is 5.87. The van der Waals surface area contributed by atoms with Crippen molar-refractivity contribution < 1.29 is 0 Å². The van der Waals surface area contributed by atoms with Crippen LogP contribution in [0.2, 0.25) is 0 Å². The molecular formula is C10H20. The fourth-order valence-corrected chi connectivity index (χ4v) is 0.966. The van der Waals surface area contributed by atoms with Crippen molar-refractivity contribution >= 4 is 0 Å². The normalized spacial score (nSPS) is 13.6. The van der Waals surface area contributed by atoms with Crippen LogP contribution < -0.4 is 0 Å². The maximum absolute atomic E-state index is 3.76. The van der Waals surface area contributed by atoms with E-state index in [4.69, 9.17) is 0 Å². The first-order chi connectivity index (χ1) is 4.66. The van der Waals surface area contributed by atoms with E-state index in [0.717, 1.165) is 5.92 Å². The summed E-state index contributed by atoms with van der Waals surface area (Å²) in [6.07, 6.45) is 6.06. The Kier molecular flexibility index (Phi) is 5.38. The lowest BCUT2D eigenvalue weighted by Crippen LogP contribution is -1.92. The molecule has 10 heavy (non-hydrogen) atoms. The molecule has 0 aromatic heterocycles. The Morgan fingerprint density at radius 2 is 1.80 bits per heavy atom. The first kappa shape index (κ1) is 9.74.